The third kappa shape index (κ3) is 3.05. The average Bonchev–Trinajstić information content (AvgIpc) is 3.15. The highest BCUT2D eigenvalue weighted by molar-refractivity contribution is 7.99. The minimum atomic E-state index is -0.461. The third-order valence-electron chi connectivity index (χ3n) is 3.48. The SMILES string of the molecule is CCOC(=O)c1cnc(SCCN2C(=O)c3ccccc3C2=O)[nH]1. The van der Waals surface area contributed by atoms with Gasteiger partial charge in [-0.3, -0.25) is 14.5 Å². The lowest BCUT2D eigenvalue weighted by atomic mass is 10.1. The number of benzene rings is 1. The second kappa shape index (κ2) is 6.88. The zero-order chi connectivity index (χ0) is 17.1. The van der Waals surface area contributed by atoms with Gasteiger partial charge in [-0.2, -0.15) is 0 Å². The number of ether oxygens (including phenoxy) is 1. The van der Waals surface area contributed by atoms with E-state index in [-0.39, 0.29) is 24.1 Å². The van der Waals surface area contributed by atoms with Gasteiger partial charge in [-0.05, 0) is 19.1 Å². The summed E-state index contributed by atoms with van der Waals surface area (Å²) in [5.74, 6) is -0.538. The molecule has 0 saturated heterocycles. The van der Waals surface area contributed by atoms with Gasteiger partial charge in [0, 0.05) is 12.3 Å². The predicted molar refractivity (Wildman–Crippen MR) is 87.1 cm³/mol. The van der Waals surface area contributed by atoms with Crippen molar-refractivity contribution in [3.8, 4) is 0 Å². The molecule has 124 valence electrons. The van der Waals surface area contributed by atoms with Crippen molar-refractivity contribution in [3.05, 3.63) is 47.3 Å². The highest BCUT2D eigenvalue weighted by Gasteiger charge is 2.34. The maximum Gasteiger partial charge on any atom is 0.356 e. The van der Waals surface area contributed by atoms with Crippen LogP contribution in [0.4, 0.5) is 0 Å². The van der Waals surface area contributed by atoms with Gasteiger partial charge in [-0.1, -0.05) is 23.9 Å². The number of amides is 2. The number of H-pyrrole nitrogens is 1. The van der Waals surface area contributed by atoms with E-state index in [0.29, 0.717) is 28.6 Å². The molecule has 1 aliphatic rings. The molecule has 0 unspecified atom stereocenters. The van der Waals surface area contributed by atoms with E-state index in [1.54, 1.807) is 31.2 Å². The van der Waals surface area contributed by atoms with Crippen LogP contribution in [-0.4, -0.2) is 51.6 Å². The molecule has 0 atom stereocenters. The fourth-order valence-corrected chi connectivity index (χ4v) is 3.14. The van der Waals surface area contributed by atoms with Gasteiger partial charge < -0.3 is 9.72 Å². The molecule has 2 heterocycles. The fraction of sp³-hybridized carbons (Fsp3) is 0.250. The molecule has 1 aromatic heterocycles. The standard InChI is InChI=1S/C16H15N3O4S/c1-2-23-15(22)12-9-17-16(18-12)24-8-7-19-13(20)10-5-3-4-6-11(10)14(19)21/h3-6,9H,2,7-8H2,1H3,(H,17,18). The highest BCUT2D eigenvalue weighted by atomic mass is 32.2. The molecule has 1 aromatic carbocycles. The number of carbonyl (C=O) groups is 3. The van der Waals surface area contributed by atoms with E-state index in [4.69, 9.17) is 4.74 Å². The van der Waals surface area contributed by atoms with Crippen LogP contribution in [0.5, 0.6) is 0 Å². The van der Waals surface area contributed by atoms with Crippen LogP contribution in [0, 0.1) is 0 Å². The zero-order valence-corrected chi connectivity index (χ0v) is 13.8. The van der Waals surface area contributed by atoms with Gasteiger partial charge >= 0.3 is 5.97 Å². The largest absolute Gasteiger partial charge is 0.461 e. The summed E-state index contributed by atoms with van der Waals surface area (Å²) < 4.78 is 4.87. The van der Waals surface area contributed by atoms with Crippen LogP contribution in [0.3, 0.4) is 0 Å². The Labute approximate surface area is 142 Å². The first-order valence-corrected chi connectivity index (χ1v) is 8.40. The van der Waals surface area contributed by atoms with Gasteiger partial charge in [-0.25, -0.2) is 9.78 Å². The minimum absolute atomic E-state index is 0.270. The van der Waals surface area contributed by atoms with Crippen LogP contribution < -0.4 is 0 Å². The molecule has 1 aliphatic heterocycles. The van der Waals surface area contributed by atoms with Crippen LogP contribution in [0.2, 0.25) is 0 Å². The third-order valence-corrected chi connectivity index (χ3v) is 4.35. The lowest BCUT2D eigenvalue weighted by molar-refractivity contribution is 0.0518. The second-order valence-corrected chi connectivity index (χ2v) is 6.06. The maximum atomic E-state index is 12.2. The number of imidazole rings is 1. The number of rotatable bonds is 6. The van der Waals surface area contributed by atoms with Crippen LogP contribution >= 0.6 is 11.8 Å². The molecule has 8 heteroatoms. The Morgan fingerprint density at radius 2 is 1.92 bits per heavy atom. The van der Waals surface area contributed by atoms with Crippen molar-refractivity contribution in [3.63, 3.8) is 0 Å². The molecule has 0 aliphatic carbocycles. The van der Waals surface area contributed by atoms with Crippen molar-refractivity contribution in [1.82, 2.24) is 14.9 Å². The van der Waals surface area contributed by atoms with Gasteiger partial charge in [0.05, 0.1) is 23.9 Å². The summed E-state index contributed by atoms with van der Waals surface area (Å²) >= 11 is 1.33. The Morgan fingerprint density at radius 1 is 1.25 bits per heavy atom. The number of aromatic nitrogens is 2. The summed E-state index contributed by atoms with van der Waals surface area (Å²) in [6, 6.07) is 6.78. The summed E-state index contributed by atoms with van der Waals surface area (Å²) in [5, 5.41) is 0.537. The first kappa shape index (κ1) is 16.3. The van der Waals surface area contributed by atoms with Gasteiger partial charge in [0.1, 0.15) is 5.69 Å². The molecule has 0 saturated carbocycles. The molecule has 0 fully saturated rings. The van der Waals surface area contributed by atoms with Crippen LogP contribution in [0.1, 0.15) is 38.1 Å². The summed E-state index contributed by atoms with van der Waals surface area (Å²) in [6.07, 6.45) is 1.41. The molecule has 2 aromatic rings. The highest BCUT2D eigenvalue weighted by Crippen LogP contribution is 2.23. The second-order valence-electron chi connectivity index (χ2n) is 4.98. The number of nitrogens with one attached hydrogen (secondary N) is 1. The van der Waals surface area contributed by atoms with E-state index in [9.17, 15) is 14.4 Å². The predicted octanol–water partition coefficient (Wildman–Crippen LogP) is 1.97. The topological polar surface area (TPSA) is 92.4 Å². The molecule has 0 radical (unpaired) electrons. The number of thioether (sulfide) groups is 1. The molecule has 2 amide bonds. The van der Waals surface area contributed by atoms with Gasteiger partial charge in [0.2, 0.25) is 0 Å². The van der Waals surface area contributed by atoms with E-state index >= 15 is 0 Å². The van der Waals surface area contributed by atoms with Crippen molar-refractivity contribution in [2.45, 2.75) is 12.1 Å². The van der Waals surface area contributed by atoms with E-state index in [1.807, 2.05) is 0 Å². The van der Waals surface area contributed by atoms with Crippen molar-refractivity contribution in [2.75, 3.05) is 18.9 Å². The molecular formula is C16H15N3O4S. The number of hydrogen-bond donors (Lipinski definition) is 1. The van der Waals surface area contributed by atoms with Gasteiger partial charge in [0.15, 0.2) is 5.16 Å². The number of hydrogen-bond acceptors (Lipinski definition) is 6. The molecule has 0 spiro atoms. The number of esters is 1. The molecule has 7 nitrogen and oxygen atoms in total. The lowest BCUT2D eigenvalue weighted by Crippen LogP contribution is -2.31. The van der Waals surface area contributed by atoms with E-state index in [0.717, 1.165) is 0 Å². The number of fused-ring (bicyclic) bond motifs is 1. The first-order chi connectivity index (χ1) is 11.6. The summed E-state index contributed by atoms with van der Waals surface area (Å²) in [6.45, 7) is 2.29. The Balaban J connectivity index is 1.57. The summed E-state index contributed by atoms with van der Waals surface area (Å²) in [7, 11) is 0. The van der Waals surface area contributed by atoms with Crippen LogP contribution in [-0.2, 0) is 4.74 Å². The zero-order valence-electron chi connectivity index (χ0n) is 12.9. The Hall–Kier alpha value is -2.61. The quantitative estimate of drug-likeness (QED) is 0.489. The normalized spacial score (nSPS) is 13.3. The van der Waals surface area contributed by atoms with Crippen molar-refractivity contribution in [1.29, 1.82) is 0 Å². The average molecular weight is 345 g/mol. The summed E-state index contributed by atoms with van der Waals surface area (Å²) in [4.78, 5) is 44.2. The van der Waals surface area contributed by atoms with Crippen molar-refractivity contribution < 1.29 is 19.1 Å². The first-order valence-electron chi connectivity index (χ1n) is 7.42. The van der Waals surface area contributed by atoms with Gasteiger partial charge in [0.25, 0.3) is 11.8 Å². The van der Waals surface area contributed by atoms with Crippen molar-refractivity contribution >= 4 is 29.5 Å². The molecule has 1 N–H and O–H groups in total. The maximum absolute atomic E-state index is 12.2. The monoisotopic (exact) mass is 345 g/mol. The summed E-state index contributed by atoms with van der Waals surface area (Å²) in [5.41, 5.74) is 1.16. The van der Waals surface area contributed by atoms with Crippen molar-refractivity contribution in [2.24, 2.45) is 0 Å². The smallest absolute Gasteiger partial charge is 0.356 e. The molecule has 24 heavy (non-hydrogen) atoms. The lowest BCUT2D eigenvalue weighted by Gasteiger charge is -2.12. The Morgan fingerprint density at radius 3 is 2.54 bits per heavy atom. The minimum Gasteiger partial charge on any atom is -0.461 e. The Bertz CT molecular complexity index is 767. The van der Waals surface area contributed by atoms with E-state index < -0.39 is 5.97 Å². The molecule has 3 rings (SSSR count). The van der Waals surface area contributed by atoms with E-state index in [1.165, 1.54) is 22.9 Å². The molecular weight excluding hydrogens is 330 g/mol. The van der Waals surface area contributed by atoms with Crippen LogP contribution in [0.15, 0.2) is 35.6 Å². The Kier molecular flexibility index (Phi) is 4.66. The van der Waals surface area contributed by atoms with Crippen LogP contribution in [0.25, 0.3) is 0 Å². The molecule has 0 bridgehead atoms. The number of nitrogens with zero attached hydrogens (tertiary/aromatic N) is 2. The van der Waals surface area contributed by atoms with E-state index in [2.05, 4.69) is 9.97 Å². The number of aromatic amines is 1. The van der Waals surface area contributed by atoms with Gasteiger partial charge in [-0.15, -0.1) is 0 Å². The number of carbonyl (C=O) groups excluding carboxylic acids is 3. The fourth-order valence-electron chi connectivity index (χ4n) is 2.36. The number of imide groups is 1.